The van der Waals surface area contributed by atoms with Crippen LogP contribution >= 0.6 is 0 Å². The molecule has 0 aromatic rings. The number of hydrogen-bond donors (Lipinski definition) is 1. The van der Waals surface area contributed by atoms with Gasteiger partial charge in [-0.2, -0.15) is 0 Å². The van der Waals surface area contributed by atoms with E-state index in [4.69, 9.17) is 0 Å². The van der Waals surface area contributed by atoms with E-state index in [1.54, 1.807) is 5.57 Å². The van der Waals surface area contributed by atoms with Crippen LogP contribution < -0.4 is 0 Å². The van der Waals surface area contributed by atoms with Crippen LogP contribution in [0.2, 0.25) is 0 Å². The molecule has 0 radical (unpaired) electrons. The Balaban J connectivity index is 1.59. The molecule has 4 saturated carbocycles. The minimum Gasteiger partial charge on any atom is -0.396 e. The molecule has 0 heterocycles. The molecule has 0 aromatic carbocycles. The molecule has 0 bridgehead atoms. The van der Waals surface area contributed by atoms with Gasteiger partial charge in [-0.05, 0) is 97.2 Å². The quantitative estimate of drug-likeness (QED) is 0.433. The molecule has 2 heteroatoms. The van der Waals surface area contributed by atoms with Crippen LogP contribution in [0.15, 0.2) is 11.6 Å². The van der Waals surface area contributed by atoms with Crippen LogP contribution in [-0.4, -0.2) is 17.5 Å². The van der Waals surface area contributed by atoms with Crippen LogP contribution in [0.3, 0.4) is 0 Å². The van der Waals surface area contributed by atoms with Gasteiger partial charge in [0.1, 0.15) is 5.78 Å². The molecular formula is C30H48O2. The summed E-state index contributed by atoms with van der Waals surface area (Å²) in [4.78, 5) is 12.9. The van der Waals surface area contributed by atoms with Crippen molar-refractivity contribution < 1.29 is 9.90 Å². The summed E-state index contributed by atoms with van der Waals surface area (Å²) in [6, 6.07) is 0. The number of carbonyl (C=O) groups excluding carboxylic acids is 1. The van der Waals surface area contributed by atoms with E-state index in [2.05, 4.69) is 54.5 Å². The fraction of sp³-hybridized carbons (Fsp3) is 0.900. The number of rotatable bonds is 1. The molecule has 7 atom stereocenters. The SMILES string of the molecule is CC1(C)CCC2(CO)CC[C@@]3(C)C(=CCC4[C@@]5(C)CCC(=O)C(C)(C)C5CC[C@]43C)[C@@H]2C1. The van der Waals surface area contributed by atoms with Crippen molar-refractivity contribution in [3.63, 3.8) is 0 Å². The third-order valence-electron chi connectivity index (χ3n) is 12.9. The summed E-state index contributed by atoms with van der Waals surface area (Å²) in [5.74, 6) is 2.22. The smallest absolute Gasteiger partial charge is 0.138 e. The van der Waals surface area contributed by atoms with Crippen LogP contribution in [0.1, 0.15) is 113 Å². The lowest BCUT2D eigenvalue weighted by molar-refractivity contribution is -0.186. The van der Waals surface area contributed by atoms with E-state index in [9.17, 15) is 9.90 Å². The molecule has 4 fully saturated rings. The summed E-state index contributed by atoms with van der Waals surface area (Å²) in [5, 5.41) is 10.6. The van der Waals surface area contributed by atoms with Gasteiger partial charge in [0.15, 0.2) is 0 Å². The van der Waals surface area contributed by atoms with E-state index in [0.29, 0.717) is 41.0 Å². The summed E-state index contributed by atoms with van der Waals surface area (Å²) < 4.78 is 0. The van der Waals surface area contributed by atoms with Crippen molar-refractivity contribution >= 4 is 5.78 Å². The van der Waals surface area contributed by atoms with Crippen molar-refractivity contribution in [2.24, 2.45) is 50.2 Å². The molecule has 0 aromatic heterocycles. The summed E-state index contributed by atoms with van der Waals surface area (Å²) in [5.41, 5.74) is 2.81. The maximum Gasteiger partial charge on any atom is 0.138 e. The summed E-state index contributed by atoms with van der Waals surface area (Å²) in [6.45, 7) is 17.5. The molecule has 180 valence electrons. The van der Waals surface area contributed by atoms with Gasteiger partial charge >= 0.3 is 0 Å². The summed E-state index contributed by atoms with van der Waals surface area (Å²) >= 11 is 0. The zero-order chi connectivity index (χ0) is 23.4. The first kappa shape index (κ1) is 23.1. The zero-order valence-corrected chi connectivity index (χ0v) is 21.9. The Morgan fingerprint density at radius 2 is 1.59 bits per heavy atom. The van der Waals surface area contributed by atoms with Crippen molar-refractivity contribution in [1.29, 1.82) is 0 Å². The Morgan fingerprint density at radius 3 is 2.28 bits per heavy atom. The third-order valence-corrected chi connectivity index (χ3v) is 12.9. The Hall–Kier alpha value is -0.630. The van der Waals surface area contributed by atoms with E-state index in [1.807, 2.05) is 0 Å². The van der Waals surface area contributed by atoms with Crippen LogP contribution in [-0.2, 0) is 4.79 Å². The van der Waals surface area contributed by atoms with Gasteiger partial charge in [-0.25, -0.2) is 0 Å². The molecule has 32 heavy (non-hydrogen) atoms. The Labute approximate surface area is 197 Å². The standard InChI is InChI=1S/C30H48O2/c1-25(2)14-16-30(19-31)17-15-28(6)20(21(30)18-25)8-9-23-27(5)12-11-24(32)26(3,4)22(27)10-13-29(23,28)7/h8,21-23,31H,9-19H2,1-7H3/t21-,22?,23?,27-,28-,29+,30?/m0/s1. The number of aliphatic hydroxyl groups excluding tert-OH is 1. The van der Waals surface area contributed by atoms with Crippen molar-refractivity contribution in [3.05, 3.63) is 11.6 Å². The minimum absolute atomic E-state index is 0.115. The monoisotopic (exact) mass is 440 g/mol. The predicted octanol–water partition coefficient (Wildman–Crippen LogP) is 7.35. The lowest BCUT2D eigenvalue weighted by atomic mass is 9.33. The topological polar surface area (TPSA) is 37.3 Å². The van der Waals surface area contributed by atoms with Crippen molar-refractivity contribution in [2.45, 2.75) is 113 Å². The highest BCUT2D eigenvalue weighted by molar-refractivity contribution is 5.85. The van der Waals surface area contributed by atoms with E-state index in [0.717, 1.165) is 12.8 Å². The average molecular weight is 441 g/mol. The second-order valence-electron chi connectivity index (χ2n) is 14.9. The van der Waals surface area contributed by atoms with Gasteiger partial charge < -0.3 is 5.11 Å². The molecule has 5 rings (SSSR count). The third kappa shape index (κ3) is 2.71. The van der Waals surface area contributed by atoms with Crippen LogP contribution in [0.4, 0.5) is 0 Å². The number of fused-ring (bicyclic) bond motifs is 7. The highest BCUT2D eigenvalue weighted by Crippen LogP contribution is 2.75. The molecule has 0 amide bonds. The fourth-order valence-electron chi connectivity index (χ4n) is 10.4. The van der Waals surface area contributed by atoms with Crippen LogP contribution in [0, 0.1) is 50.2 Å². The van der Waals surface area contributed by atoms with Crippen molar-refractivity contribution in [1.82, 2.24) is 0 Å². The van der Waals surface area contributed by atoms with Gasteiger partial charge in [0, 0.05) is 23.9 Å². The largest absolute Gasteiger partial charge is 0.396 e. The lowest BCUT2D eigenvalue weighted by Gasteiger charge is -2.70. The minimum atomic E-state index is -0.175. The summed E-state index contributed by atoms with van der Waals surface area (Å²) in [7, 11) is 0. The molecule has 1 N–H and O–H groups in total. The Morgan fingerprint density at radius 1 is 0.906 bits per heavy atom. The van der Waals surface area contributed by atoms with Crippen LogP contribution in [0.5, 0.6) is 0 Å². The van der Waals surface area contributed by atoms with E-state index in [1.165, 1.54) is 51.4 Å². The molecule has 0 aliphatic heterocycles. The first-order chi connectivity index (χ1) is 14.8. The van der Waals surface area contributed by atoms with Gasteiger partial charge in [-0.15, -0.1) is 0 Å². The number of hydrogen-bond acceptors (Lipinski definition) is 2. The molecule has 0 spiro atoms. The molecular weight excluding hydrogens is 392 g/mol. The zero-order valence-electron chi connectivity index (χ0n) is 21.9. The molecule has 3 unspecified atom stereocenters. The number of carbonyl (C=O) groups is 1. The predicted molar refractivity (Wildman–Crippen MR) is 131 cm³/mol. The maximum absolute atomic E-state index is 12.9. The van der Waals surface area contributed by atoms with E-state index < -0.39 is 0 Å². The average Bonchev–Trinajstić information content (AvgIpc) is 2.71. The van der Waals surface area contributed by atoms with Gasteiger partial charge in [-0.1, -0.05) is 60.1 Å². The fourth-order valence-corrected chi connectivity index (χ4v) is 10.4. The second kappa shape index (κ2) is 6.73. The van der Waals surface area contributed by atoms with Gasteiger partial charge in [0.05, 0.1) is 0 Å². The van der Waals surface area contributed by atoms with Crippen molar-refractivity contribution in [2.75, 3.05) is 6.61 Å². The highest BCUT2D eigenvalue weighted by atomic mass is 16.3. The number of aliphatic hydroxyl groups is 1. The first-order valence-corrected chi connectivity index (χ1v) is 13.6. The first-order valence-electron chi connectivity index (χ1n) is 13.6. The Bertz CT molecular complexity index is 851. The molecule has 2 nitrogen and oxygen atoms in total. The van der Waals surface area contributed by atoms with E-state index in [-0.39, 0.29) is 21.7 Å². The Kier molecular flexibility index (Phi) is 4.87. The molecule has 0 saturated heterocycles. The summed E-state index contributed by atoms with van der Waals surface area (Å²) in [6.07, 6.45) is 14.2. The lowest BCUT2D eigenvalue weighted by Crippen LogP contribution is -2.64. The molecule has 5 aliphatic rings. The second-order valence-corrected chi connectivity index (χ2v) is 14.9. The van der Waals surface area contributed by atoms with Crippen molar-refractivity contribution in [3.8, 4) is 0 Å². The van der Waals surface area contributed by atoms with Gasteiger partial charge in [0.2, 0.25) is 0 Å². The normalized spacial score (nSPS) is 51.6. The van der Waals surface area contributed by atoms with E-state index >= 15 is 0 Å². The van der Waals surface area contributed by atoms with Crippen LogP contribution in [0.25, 0.3) is 0 Å². The molecule has 5 aliphatic carbocycles. The van der Waals surface area contributed by atoms with Gasteiger partial charge in [-0.3, -0.25) is 4.79 Å². The maximum atomic E-state index is 12.9. The van der Waals surface area contributed by atoms with Gasteiger partial charge in [0.25, 0.3) is 0 Å². The number of ketones is 1. The number of Topliss-reactive ketones (excluding diaryl/α,β-unsaturated/α-hetero) is 1. The number of allylic oxidation sites excluding steroid dienone is 2. The highest BCUT2D eigenvalue weighted by Gasteiger charge is 2.68.